The summed E-state index contributed by atoms with van der Waals surface area (Å²) in [6, 6.07) is 20.6. The van der Waals surface area contributed by atoms with Gasteiger partial charge in [0, 0.05) is 12.1 Å². The third-order valence-electron chi connectivity index (χ3n) is 5.65. The van der Waals surface area contributed by atoms with Crippen molar-refractivity contribution >= 4 is 40.7 Å². The van der Waals surface area contributed by atoms with Crippen molar-refractivity contribution in [3.05, 3.63) is 105 Å². The van der Waals surface area contributed by atoms with Gasteiger partial charge < -0.3 is 14.7 Å². The van der Waals surface area contributed by atoms with Crippen molar-refractivity contribution in [3.8, 4) is 5.75 Å². The molecule has 0 saturated carbocycles. The molecule has 3 aromatic carbocycles. The number of benzene rings is 3. The molecule has 1 amide bonds. The van der Waals surface area contributed by atoms with Crippen LogP contribution in [0.1, 0.15) is 22.7 Å². The van der Waals surface area contributed by atoms with Crippen LogP contribution in [0.3, 0.4) is 0 Å². The molecule has 33 heavy (non-hydrogen) atoms. The predicted octanol–water partition coefficient (Wildman–Crippen LogP) is 5.67. The first-order chi connectivity index (χ1) is 15.9. The molecule has 5 nitrogen and oxygen atoms in total. The molecule has 7 heteroatoms. The lowest BCUT2D eigenvalue weighted by molar-refractivity contribution is -0.139. The van der Waals surface area contributed by atoms with Crippen molar-refractivity contribution in [1.29, 1.82) is 0 Å². The molecular formula is C26H21Cl2NO4. The van der Waals surface area contributed by atoms with E-state index in [1.807, 2.05) is 54.6 Å². The van der Waals surface area contributed by atoms with Gasteiger partial charge in [-0.05, 0) is 47.9 Å². The number of hydrogen-bond donors (Lipinski definition) is 1. The van der Waals surface area contributed by atoms with Crippen molar-refractivity contribution in [2.45, 2.75) is 12.5 Å². The molecule has 4 rings (SSSR count). The van der Waals surface area contributed by atoms with Gasteiger partial charge in [0.1, 0.15) is 11.5 Å². The van der Waals surface area contributed by atoms with E-state index in [1.165, 1.54) is 17.0 Å². The average Bonchev–Trinajstić information content (AvgIpc) is 3.09. The fourth-order valence-corrected chi connectivity index (χ4v) is 4.23. The van der Waals surface area contributed by atoms with Crippen molar-refractivity contribution in [3.63, 3.8) is 0 Å². The Bertz CT molecular complexity index is 1220. The summed E-state index contributed by atoms with van der Waals surface area (Å²) in [6.45, 7) is 0.300. The van der Waals surface area contributed by atoms with Crippen LogP contribution in [0.25, 0.3) is 5.76 Å². The Morgan fingerprint density at radius 3 is 2.30 bits per heavy atom. The molecule has 1 atom stereocenters. The third-order valence-corrected chi connectivity index (χ3v) is 6.39. The normalized spacial score (nSPS) is 17.4. The van der Waals surface area contributed by atoms with E-state index in [4.69, 9.17) is 27.9 Å². The van der Waals surface area contributed by atoms with Gasteiger partial charge in [0.25, 0.3) is 11.7 Å². The molecule has 0 spiro atoms. The first kappa shape index (κ1) is 22.9. The fourth-order valence-electron chi connectivity index (χ4n) is 3.93. The monoisotopic (exact) mass is 481 g/mol. The van der Waals surface area contributed by atoms with Gasteiger partial charge in [-0.15, -0.1) is 0 Å². The number of halogens is 2. The van der Waals surface area contributed by atoms with Gasteiger partial charge in [-0.2, -0.15) is 0 Å². The highest BCUT2D eigenvalue weighted by Gasteiger charge is 2.45. The summed E-state index contributed by atoms with van der Waals surface area (Å²) in [6.07, 6.45) is 0.535. The summed E-state index contributed by atoms with van der Waals surface area (Å²) in [5.74, 6) is -0.932. The van der Waals surface area contributed by atoms with Gasteiger partial charge >= 0.3 is 0 Å². The number of ether oxygens (including phenoxy) is 1. The van der Waals surface area contributed by atoms with Crippen molar-refractivity contribution in [2.24, 2.45) is 0 Å². The summed E-state index contributed by atoms with van der Waals surface area (Å²) < 4.78 is 5.19. The number of hydrogen-bond acceptors (Lipinski definition) is 4. The molecule has 0 aromatic heterocycles. The predicted molar refractivity (Wildman–Crippen MR) is 129 cm³/mol. The number of nitrogens with zero attached hydrogens (tertiary/aromatic N) is 1. The van der Waals surface area contributed by atoms with E-state index < -0.39 is 17.7 Å². The van der Waals surface area contributed by atoms with E-state index in [0.29, 0.717) is 23.6 Å². The maximum atomic E-state index is 13.1. The van der Waals surface area contributed by atoms with Crippen LogP contribution < -0.4 is 4.74 Å². The number of carbonyl (C=O) groups excluding carboxylic acids is 2. The zero-order valence-electron chi connectivity index (χ0n) is 17.8. The van der Waals surface area contributed by atoms with Crippen LogP contribution in [0.2, 0.25) is 10.0 Å². The molecule has 1 heterocycles. The molecule has 1 aliphatic rings. The molecule has 1 unspecified atom stereocenters. The number of ketones is 1. The maximum Gasteiger partial charge on any atom is 0.295 e. The molecular weight excluding hydrogens is 461 g/mol. The number of carbonyl (C=O) groups is 2. The lowest BCUT2D eigenvalue weighted by Crippen LogP contribution is -2.31. The number of aliphatic hydroxyl groups excluding tert-OH is 1. The second kappa shape index (κ2) is 9.69. The Morgan fingerprint density at radius 1 is 0.970 bits per heavy atom. The topological polar surface area (TPSA) is 66.8 Å². The zero-order chi connectivity index (χ0) is 23.5. The SMILES string of the molecule is COc1ccc(CCN2C(=O)C(=O)/C(=C(\O)c3ccc(Cl)c(Cl)c3)C2c2ccccc2)cc1. The summed E-state index contributed by atoms with van der Waals surface area (Å²) in [5.41, 5.74) is 2.07. The quantitative estimate of drug-likeness (QED) is 0.280. The summed E-state index contributed by atoms with van der Waals surface area (Å²) in [7, 11) is 1.60. The smallest absolute Gasteiger partial charge is 0.295 e. The standard InChI is InChI=1S/C26H21Cl2NO4/c1-33-19-10-7-16(8-11-19)13-14-29-23(17-5-3-2-4-6-17)22(25(31)26(29)32)24(30)18-9-12-20(27)21(28)15-18/h2-12,15,23,30H,13-14H2,1H3/b24-22-. The van der Waals surface area contributed by atoms with E-state index in [9.17, 15) is 14.7 Å². The summed E-state index contributed by atoms with van der Waals surface area (Å²) in [5, 5.41) is 11.6. The lowest BCUT2D eigenvalue weighted by Gasteiger charge is -2.25. The van der Waals surface area contributed by atoms with E-state index in [-0.39, 0.29) is 16.4 Å². The molecule has 0 bridgehead atoms. The molecule has 168 valence electrons. The Balaban J connectivity index is 1.74. The third kappa shape index (κ3) is 4.61. The number of Topliss-reactive ketones (excluding diaryl/α,β-unsaturated/α-hetero) is 1. The Labute approximate surface area is 201 Å². The van der Waals surface area contributed by atoms with E-state index >= 15 is 0 Å². The van der Waals surface area contributed by atoms with Crippen LogP contribution in [0.15, 0.2) is 78.4 Å². The minimum absolute atomic E-state index is 0.0271. The molecule has 1 N–H and O–H groups in total. The van der Waals surface area contributed by atoms with E-state index in [1.54, 1.807) is 13.2 Å². The average molecular weight is 482 g/mol. The highest BCUT2D eigenvalue weighted by molar-refractivity contribution is 6.46. The van der Waals surface area contributed by atoms with Crippen molar-refractivity contribution in [2.75, 3.05) is 13.7 Å². The van der Waals surface area contributed by atoms with Crippen LogP contribution in [0.4, 0.5) is 0 Å². The Morgan fingerprint density at radius 2 is 1.67 bits per heavy atom. The largest absolute Gasteiger partial charge is 0.507 e. The molecule has 0 radical (unpaired) electrons. The number of amides is 1. The van der Waals surface area contributed by atoms with Gasteiger partial charge in [-0.25, -0.2) is 0 Å². The molecule has 3 aromatic rings. The molecule has 1 aliphatic heterocycles. The summed E-state index contributed by atoms with van der Waals surface area (Å²) >= 11 is 12.1. The number of aliphatic hydroxyl groups is 1. The first-order valence-electron chi connectivity index (χ1n) is 10.3. The van der Waals surface area contributed by atoms with Gasteiger partial charge in [0.15, 0.2) is 0 Å². The fraction of sp³-hybridized carbons (Fsp3) is 0.154. The minimum Gasteiger partial charge on any atom is -0.507 e. The molecule has 1 fully saturated rings. The van der Waals surface area contributed by atoms with Gasteiger partial charge in [-0.3, -0.25) is 9.59 Å². The van der Waals surface area contributed by atoms with Crippen molar-refractivity contribution < 1.29 is 19.4 Å². The second-order valence-electron chi connectivity index (χ2n) is 7.63. The Hall–Kier alpha value is -3.28. The second-order valence-corrected chi connectivity index (χ2v) is 8.44. The van der Waals surface area contributed by atoms with E-state index in [2.05, 4.69) is 0 Å². The summed E-state index contributed by atoms with van der Waals surface area (Å²) in [4.78, 5) is 27.6. The molecule has 0 aliphatic carbocycles. The highest BCUT2D eigenvalue weighted by Crippen LogP contribution is 2.40. The Kier molecular flexibility index (Phi) is 6.72. The van der Waals surface area contributed by atoms with E-state index in [0.717, 1.165) is 16.9 Å². The maximum absolute atomic E-state index is 13.1. The highest BCUT2D eigenvalue weighted by atomic mass is 35.5. The zero-order valence-corrected chi connectivity index (χ0v) is 19.3. The first-order valence-corrected chi connectivity index (χ1v) is 11.1. The minimum atomic E-state index is -0.734. The number of rotatable bonds is 6. The van der Waals surface area contributed by atoms with Crippen LogP contribution in [0.5, 0.6) is 5.75 Å². The van der Waals surface area contributed by atoms with Crippen LogP contribution in [-0.2, 0) is 16.0 Å². The number of methoxy groups -OCH3 is 1. The van der Waals surface area contributed by atoms with Crippen LogP contribution in [-0.4, -0.2) is 35.4 Å². The van der Waals surface area contributed by atoms with Crippen molar-refractivity contribution in [1.82, 2.24) is 4.90 Å². The van der Waals surface area contributed by atoms with Crippen LogP contribution >= 0.6 is 23.2 Å². The number of likely N-dealkylation sites (tertiary alicyclic amines) is 1. The van der Waals surface area contributed by atoms with Gasteiger partial charge in [0.2, 0.25) is 0 Å². The lowest BCUT2D eigenvalue weighted by atomic mass is 9.95. The van der Waals surface area contributed by atoms with Gasteiger partial charge in [0.05, 0.1) is 28.8 Å². The van der Waals surface area contributed by atoms with Gasteiger partial charge in [-0.1, -0.05) is 65.7 Å². The van der Waals surface area contributed by atoms with Crippen LogP contribution in [0, 0.1) is 0 Å². The molecule has 1 saturated heterocycles.